The summed E-state index contributed by atoms with van der Waals surface area (Å²) in [5.74, 6) is -1.54. The number of carbonyl (C=O) groups excluding carboxylic acids is 2. The van der Waals surface area contributed by atoms with Gasteiger partial charge >= 0.3 is 12.1 Å². The monoisotopic (exact) mass is 422 g/mol. The first-order chi connectivity index (χ1) is 15.0. The maximum atomic E-state index is 12.7. The Morgan fingerprint density at radius 2 is 1.71 bits per heavy atom. The number of benzene rings is 2. The molecule has 7 nitrogen and oxygen atoms in total. The van der Waals surface area contributed by atoms with E-state index in [0.29, 0.717) is 19.4 Å². The maximum Gasteiger partial charge on any atom is 0.407 e. The van der Waals surface area contributed by atoms with Gasteiger partial charge in [-0.1, -0.05) is 61.9 Å². The molecule has 2 N–H and O–H groups in total. The molecule has 2 aromatic carbocycles. The van der Waals surface area contributed by atoms with Gasteiger partial charge < -0.3 is 20.1 Å². The second-order valence-corrected chi connectivity index (χ2v) is 8.06. The van der Waals surface area contributed by atoms with Crippen LogP contribution in [-0.2, 0) is 14.3 Å². The molecule has 2 aliphatic rings. The molecule has 1 fully saturated rings. The van der Waals surface area contributed by atoms with E-state index in [2.05, 4.69) is 17.4 Å². The molecule has 2 atom stereocenters. The van der Waals surface area contributed by atoms with Gasteiger partial charge in [0.2, 0.25) is 5.91 Å². The van der Waals surface area contributed by atoms with Crippen LogP contribution in [0.25, 0.3) is 11.1 Å². The molecule has 0 bridgehead atoms. The van der Waals surface area contributed by atoms with Crippen molar-refractivity contribution >= 4 is 18.0 Å². The van der Waals surface area contributed by atoms with E-state index >= 15 is 0 Å². The Kier molecular flexibility index (Phi) is 5.93. The molecule has 1 heterocycles. The van der Waals surface area contributed by atoms with Gasteiger partial charge in [-0.05, 0) is 34.6 Å². The van der Waals surface area contributed by atoms with Gasteiger partial charge in [-0.3, -0.25) is 9.59 Å². The average Bonchev–Trinajstić information content (AvgIpc) is 3.09. The lowest BCUT2D eigenvalue weighted by molar-refractivity contribution is -0.148. The maximum absolute atomic E-state index is 12.7. The number of rotatable bonds is 6. The van der Waals surface area contributed by atoms with E-state index in [1.807, 2.05) is 43.3 Å². The molecule has 2 amide bonds. The van der Waals surface area contributed by atoms with E-state index in [1.165, 1.54) is 4.90 Å². The summed E-state index contributed by atoms with van der Waals surface area (Å²) < 4.78 is 5.56. The molecule has 0 spiro atoms. The van der Waals surface area contributed by atoms with E-state index < -0.39 is 18.1 Å². The van der Waals surface area contributed by atoms with Crippen molar-refractivity contribution in [3.05, 3.63) is 59.7 Å². The van der Waals surface area contributed by atoms with E-state index in [9.17, 15) is 14.4 Å². The molecule has 7 heteroatoms. The molecule has 0 radical (unpaired) electrons. The number of nitrogens with one attached hydrogen (secondary N) is 1. The van der Waals surface area contributed by atoms with Gasteiger partial charge in [0.05, 0.1) is 0 Å². The molecule has 0 aromatic heterocycles. The number of aliphatic carboxylic acids is 1. The van der Waals surface area contributed by atoms with Crippen LogP contribution in [0.5, 0.6) is 0 Å². The number of likely N-dealkylation sites (tertiary alicyclic amines) is 1. The molecule has 1 aliphatic heterocycles. The van der Waals surface area contributed by atoms with Crippen molar-refractivity contribution in [2.24, 2.45) is 5.92 Å². The fourth-order valence-corrected chi connectivity index (χ4v) is 4.70. The summed E-state index contributed by atoms with van der Waals surface area (Å²) in [5, 5.41) is 11.7. The zero-order valence-electron chi connectivity index (χ0n) is 17.4. The highest BCUT2D eigenvalue weighted by Crippen LogP contribution is 2.44. The van der Waals surface area contributed by atoms with E-state index in [4.69, 9.17) is 9.84 Å². The van der Waals surface area contributed by atoms with Crippen LogP contribution in [0, 0.1) is 5.92 Å². The first-order valence-corrected chi connectivity index (χ1v) is 10.6. The minimum atomic E-state index is -1.07. The van der Waals surface area contributed by atoms with Crippen LogP contribution in [0.2, 0.25) is 0 Å². The number of fused-ring (bicyclic) bond motifs is 3. The largest absolute Gasteiger partial charge is 0.480 e. The summed E-state index contributed by atoms with van der Waals surface area (Å²) in [6.45, 7) is 2.14. The predicted octanol–water partition coefficient (Wildman–Crippen LogP) is 3.24. The van der Waals surface area contributed by atoms with Crippen LogP contribution in [0.15, 0.2) is 48.5 Å². The second-order valence-electron chi connectivity index (χ2n) is 8.06. The minimum Gasteiger partial charge on any atom is -0.480 e. The number of alkyl carbamates (subject to hydrolysis) is 1. The molecular formula is C24H26N2O5. The highest BCUT2D eigenvalue weighted by Gasteiger charge is 2.38. The molecule has 31 heavy (non-hydrogen) atoms. The van der Waals surface area contributed by atoms with Crippen LogP contribution < -0.4 is 5.32 Å². The molecule has 4 rings (SSSR count). The van der Waals surface area contributed by atoms with Crippen molar-refractivity contribution in [3.8, 4) is 11.1 Å². The number of ether oxygens (including phenoxy) is 1. The van der Waals surface area contributed by atoms with Gasteiger partial charge in [-0.15, -0.1) is 0 Å². The smallest absolute Gasteiger partial charge is 0.407 e. The third kappa shape index (κ3) is 4.13. The third-order valence-corrected chi connectivity index (χ3v) is 6.29. The van der Waals surface area contributed by atoms with E-state index in [1.54, 1.807) is 0 Å². The number of carbonyl (C=O) groups is 3. The van der Waals surface area contributed by atoms with Crippen LogP contribution >= 0.6 is 0 Å². The standard InChI is InChI=1S/C24H26N2O5/c1-2-15-11-12-26(13-21(27)28)23(29)22(15)25-24(30)31-14-20-18-9-5-3-7-16(18)17-8-4-6-10-19(17)20/h3-10,15,20,22H,2,11-14H2,1H3,(H,25,30)(H,27,28)/t15-,22+/m0/s1. The van der Waals surface area contributed by atoms with Gasteiger partial charge in [0.25, 0.3) is 0 Å². The van der Waals surface area contributed by atoms with Crippen LogP contribution in [0.1, 0.15) is 36.8 Å². The normalized spacial score (nSPS) is 20.2. The highest BCUT2D eigenvalue weighted by molar-refractivity contribution is 5.89. The predicted molar refractivity (Wildman–Crippen MR) is 115 cm³/mol. The Balaban J connectivity index is 1.44. The number of piperidine rings is 1. The lowest BCUT2D eigenvalue weighted by atomic mass is 9.88. The molecular weight excluding hydrogens is 396 g/mol. The Labute approximate surface area is 181 Å². The molecule has 0 saturated carbocycles. The fraction of sp³-hybridized carbons (Fsp3) is 0.375. The summed E-state index contributed by atoms with van der Waals surface area (Å²) in [6.07, 6.45) is 0.695. The zero-order chi connectivity index (χ0) is 22.0. The van der Waals surface area contributed by atoms with E-state index in [-0.39, 0.29) is 30.9 Å². The first-order valence-electron chi connectivity index (χ1n) is 10.6. The average molecular weight is 422 g/mol. The Morgan fingerprint density at radius 3 is 2.29 bits per heavy atom. The lowest BCUT2D eigenvalue weighted by Crippen LogP contribution is -2.57. The van der Waals surface area contributed by atoms with Crippen molar-refractivity contribution in [1.29, 1.82) is 0 Å². The molecule has 162 valence electrons. The summed E-state index contributed by atoms with van der Waals surface area (Å²) in [4.78, 5) is 37.7. The summed E-state index contributed by atoms with van der Waals surface area (Å²) >= 11 is 0. The molecule has 2 aromatic rings. The number of hydrogen-bond donors (Lipinski definition) is 2. The van der Waals surface area contributed by atoms with Crippen molar-refractivity contribution in [2.45, 2.75) is 31.7 Å². The molecule has 0 unspecified atom stereocenters. The van der Waals surface area contributed by atoms with Crippen LogP contribution in [0.3, 0.4) is 0 Å². The fourth-order valence-electron chi connectivity index (χ4n) is 4.70. The Bertz CT molecular complexity index is 959. The van der Waals surface area contributed by atoms with Gasteiger partial charge in [0.1, 0.15) is 19.2 Å². The quantitative estimate of drug-likeness (QED) is 0.745. The molecule has 1 aliphatic carbocycles. The van der Waals surface area contributed by atoms with E-state index in [0.717, 1.165) is 22.3 Å². The summed E-state index contributed by atoms with van der Waals surface area (Å²) in [7, 11) is 0. The van der Waals surface area contributed by atoms with Crippen molar-refractivity contribution in [2.75, 3.05) is 19.7 Å². The topological polar surface area (TPSA) is 95.9 Å². The van der Waals surface area contributed by atoms with Crippen molar-refractivity contribution < 1.29 is 24.2 Å². The number of carboxylic acid groups (broad SMARTS) is 1. The third-order valence-electron chi connectivity index (χ3n) is 6.29. The highest BCUT2D eigenvalue weighted by atomic mass is 16.5. The number of amides is 2. The van der Waals surface area contributed by atoms with Crippen LogP contribution in [-0.4, -0.2) is 53.7 Å². The number of hydrogen-bond acceptors (Lipinski definition) is 4. The van der Waals surface area contributed by atoms with Crippen molar-refractivity contribution in [1.82, 2.24) is 10.2 Å². The lowest BCUT2D eigenvalue weighted by Gasteiger charge is -2.36. The number of nitrogens with zero attached hydrogens (tertiary/aromatic N) is 1. The summed E-state index contributed by atoms with van der Waals surface area (Å²) in [5.41, 5.74) is 4.52. The minimum absolute atomic E-state index is 0.0435. The Hall–Kier alpha value is -3.35. The summed E-state index contributed by atoms with van der Waals surface area (Å²) in [6, 6.07) is 15.4. The van der Waals surface area contributed by atoms with Gasteiger partial charge in [0.15, 0.2) is 0 Å². The second kappa shape index (κ2) is 8.79. The number of carboxylic acids is 1. The van der Waals surface area contributed by atoms with Crippen LogP contribution in [0.4, 0.5) is 4.79 Å². The zero-order valence-corrected chi connectivity index (χ0v) is 17.4. The molecule has 1 saturated heterocycles. The van der Waals surface area contributed by atoms with Gasteiger partial charge in [0, 0.05) is 12.5 Å². The Morgan fingerprint density at radius 1 is 1.10 bits per heavy atom. The van der Waals surface area contributed by atoms with Gasteiger partial charge in [-0.2, -0.15) is 0 Å². The first kappa shape index (κ1) is 20.9. The SMILES string of the molecule is CC[C@H]1CCN(CC(=O)O)C(=O)[C@@H]1NC(=O)OCC1c2ccccc2-c2ccccc21. The van der Waals surface area contributed by atoms with Crippen molar-refractivity contribution in [3.63, 3.8) is 0 Å². The van der Waals surface area contributed by atoms with Gasteiger partial charge in [-0.25, -0.2) is 4.79 Å².